The molecule has 1 aromatic rings. The number of benzene rings is 1. The van der Waals surface area contributed by atoms with Crippen LogP contribution in [0.25, 0.3) is 0 Å². The number of halogens is 3. The van der Waals surface area contributed by atoms with E-state index in [9.17, 15) is 13.2 Å². The van der Waals surface area contributed by atoms with Gasteiger partial charge in [-0.15, -0.1) is 0 Å². The standard InChI is InChI=1S/C16H22F3N/c1-15(2)9-7-14(8-10-15)20-11-12-3-5-13(6-4-12)16(17,18)19/h3-6,14,20H,7-11H2,1-2H3. The fraction of sp³-hybridized carbons (Fsp3) is 0.625. The molecule has 0 spiro atoms. The molecule has 1 saturated carbocycles. The van der Waals surface area contributed by atoms with Crippen molar-refractivity contribution in [1.82, 2.24) is 5.32 Å². The van der Waals surface area contributed by atoms with Gasteiger partial charge in [0.25, 0.3) is 0 Å². The van der Waals surface area contributed by atoms with Crippen LogP contribution in [0.2, 0.25) is 0 Å². The highest BCUT2D eigenvalue weighted by Crippen LogP contribution is 2.35. The van der Waals surface area contributed by atoms with Gasteiger partial charge in [-0.05, 0) is 48.8 Å². The molecule has 0 bridgehead atoms. The lowest BCUT2D eigenvalue weighted by molar-refractivity contribution is -0.137. The normalized spacial score (nSPS) is 20.1. The summed E-state index contributed by atoms with van der Waals surface area (Å²) in [6.45, 7) is 5.22. The Bertz CT molecular complexity index is 424. The van der Waals surface area contributed by atoms with Gasteiger partial charge in [-0.25, -0.2) is 0 Å². The van der Waals surface area contributed by atoms with Crippen molar-refractivity contribution in [1.29, 1.82) is 0 Å². The van der Waals surface area contributed by atoms with Gasteiger partial charge >= 0.3 is 6.18 Å². The first-order valence-corrected chi connectivity index (χ1v) is 7.16. The second-order valence-electron chi connectivity index (χ2n) is 6.51. The average Bonchev–Trinajstić information content (AvgIpc) is 2.37. The molecule has 2 rings (SSSR count). The molecule has 1 fully saturated rings. The minimum Gasteiger partial charge on any atom is -0.310 e. The van der Waals surface area contributed by atoms with Gasteiger partial charge in [0.15, 0.2) is 0 Å². The molecule has 0 amide bonds. The maximum atomic E-state index is 12.5. The van der Waals surface area contributed by atoms with Gasteiger partial charge in [0.05, 0.1) is 5.56 Å². The van der Waals surface area contributed by atoms with Crippen molar-refractivity contribution in [2.24, 2.45) is 5.41 Å². The summed E-state index contributed by atoms with van der Waals surface area (Å²) >= 11 is 0. The largest absolute Gasteiger partial charge is 0.416 e. The van der Waals surface area contributed by atoms with E-state index in [1.165, 1.54) is 12.8 Å². The van der Waals surface area contributed by atoms with Gasteiger partial charge in [0.2, 0.25) is 0 Å². The van der Waals surface area contributed by atoms with Gasteiger partial charge in [0.1, 0.15) is 0 Å². The molecule has 0 saturated heterocycles. The fourth-order valence-corrected chi connectivity index (χ4v) is 2.68. The highest BCUT2D eigenvalue weighted by Gasteiger charge is 2.30. The molecule has 1 N–H and O–H groups in total. The molecule has 20 heavy (non-hydrogen) atoms. The summed E-state index contributed by atoms with van der Waals surface area (Å²) in [5.74, 6) is 0. The number of hydrogen-bond acceptors (Lipinski definition) is 1. The third kappa shape index (κ3) is 4.23. The predicted octanol–water partition coefficient (Wildman–Crippen LogP) is 4.76. The van der Waals surface area contributed by atoms with Crippen molar-refractivity contribution in [3.8, 4) is 0 Å². The topological polar surface area (TPSA) is 12.0 Å². The van der Waals surface area contributed by atoms with Crippen LogP contribution in [0.1, 0.15) is 50.7 Å². The second kappa shape index (κ2) is 5.76. The molecule has 0 heterocycles. The predicted molar refractivity (Wildman–Crippen MR) is 74.3 cm³/mol. The molecule has 1 aliphatic rings. The van der Waals surface area contributed by atoms with Crippen LogP contribution in [0.15, 0.2) is 24.3 Å². The summed E-state index contributed by atoms with van der Waals surface area (Å²) in [6, 6.07) is 5.91. The van der Waals surface area contributed by atoms with E-state index in [1.54, 1.807) is 12.1 Å². The van der Waals surface area contributed by atoms with Crippen molar-refractivity contribution < 1.29 is 13.2 Å². The molecule has 4 heteroatoms. The van der Waals surface area contributed by atoms with E-state index < -0.39 is 11.7 Å². The van der Waals surface area contributed by atoms with Gasteiger partial charge in [-0.2, -0.15) is 13.2 Å². The zero-order valence-corrected chi connectivity index (χ0v) is 12.1. The summed E-state index contributed by atoms with van der Waals surface area (Å²) < 4.78 is 37.4. The van der Waals surface area contributed by atoms with Crippen molar-refractivity contribution in [3.05, 3.63) is 35.4 Å². The van der Waals surface area contributed by atoms with E-state index in [0.29, 0.717) is 18.0 Å². The van der Waals surface area contributed by atoms with Crippen LogP contribution in [0, 0.1) is 5.41 Å². The molecule has 0 aliphatic heterocycles. The summed E-state index contributed by atoms with van der Waals surface area (Å²) in [4.78, 5) is 0. The van der Waals surface area contributed by atoms with Gasteiger partial charge in [-0.3, -0.25) is 0 Å². The van der Waals surface area contributed by atoms with Crippen molar-refractivity contribution in [2.75, 3.05) is 0 Å². The first-order valence-electron chi connectivity index (χ1n) is 7.16. The highest BCUT2D eigenvalue weighted by molar-refractivity contribution is 5.24. The average molecular weight is 285 g/mol. The Morgan fingerprint density at radius 2 is 1.65 bits per heavy atom. The zero-order valence-electron chi connectivity index (χ0n) is 12.1. The molecule has 1 aliphatic carbocycles. The maximum Gasteiger partial charge on any atom is 0.416 e. The van der Waals surface area contributed by atoms with Crippen LogP contribution in [-0.2, 0) is 12.7 Å². The van der Waals surface area contributed by atoms with E-state index in [2.05, 4.69) is 19.2 Å². The van der Waals surface area contributed by atoms with Crippen LogP contribution in [0.4, 0.5) is 13.2 Å². The van der Waals surface area contributed by atoms with E-state index in [1.807, 2.05) is 0 Å². The Morgan fingerprint density at radius 3 is 2.15 bits per heavy atom. The number of hydrogen-bond donors (Lipinski definition) is 1. The minimum absolute atomic E-state index is 0.437. The van der Waals surface area contributed by atoms with Crippen LogP contribution >= 0.6 is 0 Å². The van der Waals surface area contributed by atoms with E-state index in [0.717, 1.165) is 30.5 Å². The minimum atomic E-state index is -4.25. The molecule has 112 valence electrons. The van der Waals surface area contributed by atoms with E-state index in [4.69, 9.17) is 0 Å². The zero-order chi connectivity index (χ0) is 14.8. The molecule has 0 atom stereocenters. The third-order valence-electron chi connectivity index (χ3n) is 4.22. The SMILES string of the molecule is CC1(C)CCC(NCc2ccc(C(F)(F)F)cc2)CC1. The summed E-state index contributed by atoms with van der Waals surface area (Å²) in [6.07, 6.45) is 0.456. The number of nitrogens with one attached hydrogen (secondary N) is 1. The lowest BCUT2D eigenvalue weighted by Gasteiger charge is -2.34. The van der Waals surface area contributed by atoms with Crippen LogP contribution < -0.4 is 5.32 Å². The van der Waals surface area contributed by atoms with Crippen LogP contribution in [-0.4, -0.2) is 6.04 Å². The molecular weight excluding hydrogens is 263 g/mol. The molecule has 1 aromatic carbocycles. The van der Waals surface area contributed by atoms with Gasteiger partial charge in [0, 0.05) is 12.6 Å². The Balaban J connectivity index is 1.83. The molecular formula is C16H22F3N. The quantitative estimate of drug-likeness (QED) is 0.844. The van der Waals surface area contributed by atoms with Crippen molar-refractivity contribution in [2.45, 2.75) is 58.3 Å². The van der Waals surface area contributed by atoms with Gasteiger partial charge in [-0.1, -0.05) is 26.0 Å². The van der Waals surface area contributed by atoms with Crippen molar-refractivity contribution >= 4 is 0 Å². The Morgan fingerprint density at radius 1 is 1.10 bits per heavy atom. The Hall–Kier alpha value is -1.03. The maximum absolute atomic E-state index is 12.5. The third-order valence-corrected chi connectivity index (χ3v) is 4.22. The molecule has 0 aromatic heterocycles. The smallest absolute Gasteiger partial charge is 0.310 e. The first kappa shape index (κ1) is 15.4. The number of alkyl halides is 3. The molecule has 0 unspecified atom stereocenters. The second-order valence-corrected chi connectivity index (χ2v) is 6.51. The monoisotopic (exact) mass is 285 g/mol. The van der Waals surface area contributed by atoms with E-state index in [-0.39, 0.29) is 0 Å². The Labute approximate surface area is 118 Å². The molecule has 0 radical (unpaired) electrons. The lowest BCUT2D eigenvalue weighted by Crippen LogP contribution is -2.35. The Kier molecular flexibility index (Phi) is 4.43. The fourth-order valence-electron chi connectivity index (χ4n) is 2.68. The van der Waals surface area contributed by atoms with Crippen LogP contribution in [0.3, 0.4) is 0 Å². The van der Waals surface area contributed by atoms with Crippen molar-refractivity contribution in [3.63, 3.8) is 0 Å². The highest BCUT2D eigenvalue weighted by atomic mass is 19.4. The van der Waals surface area contributed by atoms with Crippen LogP contribution in [0.5, 0.6) is 0 Å². The van der Waals surface area contributed by atoms with Gasteiger partial charge < -0.3 is 5.32 Å². The molecule has 1 nitrogen and oxygen atoms in total. The summed E-state index contributed by atoms with van der Waals surface area (Å²) in [5, 5.41) is 3.45. The first-order chi connectivity index (χ1) is 9.26. The number of rotatable bonds is 3. The summed E-state index contributed by atoms with van der Waals surface area (Å²) in [7, 11) is 0. The van der Waals surface area contributed by atoms with E-state index >= 15 is 0 Å². The summed E-state index contributed by atoms with van der Waals surface area (Å²) in [5.41, 5.74) is 0.760. The lowest BCUT2D eigenvalue weighted by atomic mass is 9.75.